The third-order valence-electron chi connectivity index (χ3n) is 12.4. The molecule has 0 aromatic heterocycles. The Labute approximate surface area is 279 Å². The van der Waals surface area contributed by atoms with Crippen LogP contribution in [-0.4, -0.2) is 78.2 Å². The highest BCUT2D eigenvalue weighted by atomic mass is 16.6. The first kappa shape index (κ1) is 37.0. The molecule has 5 N–H and O–H groups in total. The molecular formula is C35H55N5O7. The molecule has 4 aliphatic rings. The number of aliphatic hydroxyl groups is 3. The van der Waals surface area contributed by atoms with Crippen molar-refractivity contribution in [3.05, 3.63) is 22.6 Å². The Kier molecular flexibility index (Phi) is 13.0. The molecule has 4 saturated carbocycles. The summed E-state index contributed by atoms with van der Waals surface area (Å²) in [5.74, 6) is 3.63. The van der Waals surface area contributed by atoms with Gasteiger partial charge < -0.3 is 35.4 Å². The van der Waals surface area contributed by atoms with Crippen molar-refractivity contribution in [1.29, 1.82) is 0 Å². The predicted molar refractivity (Wildman–Crippen MR) is 176 cm³/mol. The van der Waals surface area contributed by atoms with Gasteiger partial charge in [0, 0.05) is 11.3 Å². The normalized spacial score (nSPS) is 37.3. The first-order valence-corrected chi connectivity index (χ1v) is 17.4. The first-order chi connectivity index (χ1) is 22.4. The van der Waals surface area contributed by atoms with Gasteiger partial charge in [-0.15, -0.1) is 12.3 Å². The number of carbonyl (C=O) groups excluding carboxylic acids is 2. The van der Waals surface area contributed by atoms with Crippen molar-refractivity contribution in [2.45, 2.75) is 109 Å². The number of allylic oxidation sites excluding steroid dienone is 1. The zero-order chi connectivity index (χ0) is 34.2. The van der Waals surface area contributed by atoms with Gasteiger partial charge in [0.25, 0.3) is 0 Å². The Morgan fingerprint density at radius 1 is 1.11 bits per heavy atom. The molecule has 47 heavy (non-hydrogen) atoms. The summed E-state index contributed by atoms with van der Waals surface area (Å²) in [4.78, 5) is 27.4. The number of terminal acetylenes is 1. The van der Waals surface area contributed by atoms with E-state index in [4.69, 9.17) is 21.4 Å². The molecule has 12 heteroatoms. The monoisotopic (exact) mass is 657 g/mol. The molecule has 0 spiro atoms. The van der Waals surface area contributed by atoms with Crippen molar-refractivity contribution in [1.82, 2.24) is 10.6 Å². The second-order valence-electron chi connectivity index (χ2n) is 14.8. The number of hydrogen-bond acceptors (Lipinski definition) is 8. The first-order valence-electron chi connectivity index (χ1n) is 17.4. The second kappa shape index (κ2) is 16.5. The maximum atomic E-state index is 12.6. The maximum Gasteiger partial charge on any atom is 0.408 e. The van der Waals surface area contributed by atoms with E-state index in [0.717, 1.165) is 44.9 Å². The smallest absolute Gasteiger partial charge is 0.408 e. The quantitative estimate of drug-likeness (QED) is 0.0347. The number of ether oxygens (including phenoxy) is 2. The number of nitrogens with one attached hydrogen (secondary N) is 2. The standard InChI is InChI=1S/C35H55N5O7/c1-5-6-15-46-16-17-47-33(45)39-30(21-37-40-36)38-31(44)10-8-7-9-22(2)25-11-12-26-32-27(20-29(43)35(25,26)4)34(3)14-13-24(41)18-23(34)19-28(32)42/h1,8,10,22-30,32,41-43H,6-7,9,11-21H2,2-4H3,(H,38,44)(H,39,45). The van der Waals surface area contributed by atoms with Crippen LogP contribution in [0.5, 0.6) is 0 Å². The van der Waals surface area contributed by atoms with Gasteiger partial charge in [-0.2, -0.15) is 0 Å². The summed E-state index contributed by atoms with van der Waals surface area (Å²) in [6, 6.07) is 0. The Balaban J connectivity index is 1.28. The molecule has 262 valence electrons. The maximum absolute atomic E-state index is 12.6. The summed E-state index contributed by atoms with van der Waals surface area (Å²) in [5.41, 5.74) is 8.48. The van der Waals surface area contributed by atoms with E-state index >= 15 is 0 Å². The minimum absolute atomic E-state index is 0.00116. The number of rotatable bonds is 14. The largest absolute Gasteiger partial charge is 0.447 e. The molecule has 2 amide bonds. The number of azide groups is 1. The minimum atomic E-state index is -0.949. The van der Waals surface area contributed by atoms with Crippen molar-refractivity contribution in [2.75, 3.05) is 26.4 Å². The van der Waals surface area contributed by atoms with Gasteiger partial charge in [0.1, 0.15) is 12.8 Å². The lowest BCUT2D eigenvalue weighted by Crippen LogP contribution is -2.62. The lowest BCUT2D eigenvalue weighted by Gasteiger charge is -2.63. The molecule has 4 rings (SSSR count). The van der Waals surface area contributed by atoms with E-state index in [0.29, 0.717) is 43.6 Å². The zero-order valence-electron chi connectivity index (χ0n) is 28.2. The molecule has 0 aliphatic heterocycles. The fourth-order valence-corrected chi connectivity index (χ4v) is 9.96. The molecule has 0 saturated heterocycles. The summed E-state index contributed by atoms with van der Waals surface area (Å²) in [7, 11) is 0. The third kappa shape index (κ3) is 8.44. The average molecular weight is 658 g/mol. The summed E-state index contributed by atoms with van der Waals surface area (Å²) in [6.45, 7) is 7.18. The summed E-state index contributed by atoms with van der Waals surface area (Å²) < 4.78 is 10.3. The topological polar surface area (TPSA) is 186 Å². The molecule has 0 aromatic carbocycles. The molecule has 0 bridgehead atoms. The van der Waals surface area contributed by atoms with Gasteiger partial charge in [0.05, 0.1) is 38.1 Å². The van der Waals surface area contributed by atoms with Gasteiger partial charge in [0.2, 0.25) is 5.91 Å². The second-order valence-corrected chi connectivity index (χ2v) is 14.8. The van der Waals surface area contributed by atoms with E-state index < -0.39 is 30.4 Å². The average Bonchev–Trinajstić information content (AvgIpc) is 3.39. The van der Waals surface area contributed by atoms with Crippen molar-refractivity contribution in [3.8, 4) is 12.3 Å². The molecule has 12 nitrogen and oxygen atoms in total. The van der Waals surface area contributed by atoms with E-state index in [1.165, 1.54) is 6.08 Å². The number of nitrogens with zero attached hydrogens (tertiary/aromatic N) is 3. The van der Waals surface area contributed by atoms with Crippen LogP contribution in [-0.2, 0) is 14.3 Å². The van der Waals surface area contributed by atoms with Gasteiger partial charge in [-0.3, -0.25) is 4.79 Å². The summed E-state index contributed by atoms with van der Waals surface area (Å²) in [5, 5.41) is 42.2. The minimum Gasteiger partial charge on any atom is -0.447 e. The van der Waals surface area contributed by atoms with Crippen LogP contribution in [0, 0.1) is 58.7 Å². The summed E-state index contributed by atoms with van der Waals surface area (Å²) in [6.07, 6.45) is 13.5. The fraction of sp³-hybridized carbons (Fsp3) is 0.829. The van der Waals surface area contributed by atoms with Gasteiger partial charge in [0.15, 0.2) is 0 Å². The van der Waals surface area contributed by atoms with Crippen LogP contribution < -0.4 is 10.6 Å². The van der Waals surface area contributed by atoms with E-state index in [1.807, 2.05) is 0 Å². The van der Waals surface area contributed by atoms with Gasteiger partial charge in [-0.05, 0) is 116 Å². The molecular weight excluding hydrogens is 602 g/mol. The molecule has 4 aliphatic carbocycles. The molecule has 0 aromatic rings. The van der Waals surface area contributed by atoms with Crippen LogP contribution >= 0.6 is 0 Å². The predicted octanol–water partition coefficient (Wildman–Crippen LogP) is 4.44. The summed E-state index contributed by atoms with van der Waals surface area (Å²) >= 11 is 0. The third-order valence-corrected chi connectivity index (χ3v) is 12.4. The number of alkyl carbamates (subject to hydrolysis) is 1. The molecule has 0 radical (unpaired) electrons. The number of carbonyl (C=O) groups is 2. The SMILES string of the molecule is C#CCCOCCOC(=O)NC(CN=[N+]=[N-])NC(=O)C=CCCC(C)C1CCC2C3C(O)CC4CC(O)CCC4(C)C3CC(O)C12C. The lowest BCUT2D eigenvalue weighted by molar-refractivity contribution is -0.207. The highest BCUT2D eigenvalue weighted by Gasteiger charge is 2.65. The van der Waals surface area contributed by atoms with Crippen LogP contribution in [0.1, 0.15) is 85.0 Å². The van der Waals surface area contributed by atoms with Crippen LogP contribution in [0.15, 0.2) is 17.3 Å². The van der Waals surface area contributed by atoms with Crippen molar-refractivity contribution in [2.24, 2.45) is 51.5 Å². The Bertz CT molecular complexity index is 1200. The Morgan fingerprint density at radius 3 is 2.64 bits per heavy atom. The molecule has 4 fully saturated rings. The van der Waals surface area contributed by atoms with Gasteiger partial charge in [-0.1, -0.05) is 32.0 Å². The van der Waals surface area contributed by atoms with Crippen LogP contribution in [0.4, 0.5) is 4.79 Å². The van der Waals surface area contributed by atoms with Gasteiger partial charge in [-0.25, -0.2) is 4.79 Å². The van der Waals surface area contributed by atoms with E-state index in [9.17, 15) is 24.9 Å². The van der Waals surface area contributed by atoms with Gasteiger partial charge >= 0.3 is 6.09 Å². The van der Waals surface area contributed by atoms with E-state index in [1.54, 1.807) is 6.08 Å². The Morgan fingerprint density at radius 2 is 1.89 bits per heavy atom. The molecule has 12 unspecified atom stereocenters. The zero-order valence-corrected chi connectivity index (χ0v) is 28.2. The van der Waals surface area contributed by atoms with Crippen molar-refractivity contribution in [3.63, 3.8) is 0 Å². The van der Waals surface area contributed by atoms with Crippen molar-refractivity contribution >= 4 is 12.0 Å². The van der Waals surface area contributed by atoms with Crippen LogP contribution in [0.2, 0.25) is 0 Å². The van der Waals surface area contributed by atoms with E-state index in [-0.39, 0.29) is 54.4 Å². The van der Waals surface area contributed by atoms with Crippen LogP contribution in [0.3, 0.4) is 0 Å². The fourth-order valence-electron chi connectivity index (χ4n) is 9.96. The number of hydrogen-bond donors (Lipinski definition) is 5. The number of fused-ring (bicyclic) bond motifs is 5. The Hall–Kier alpha value is -2.81. The van der Waals surface area contributed by atoms with Crippen LogP contribution in [0.25, 0.3) is 10.4 Å². The van der Waals surface area contributed by atoms with E-state index in [2.05, 4.69) is 47.4 Å². The lowest BCUT2D eigenvalue weighted by atomic mass is 9.43. The highest BCUT2D eigenvalue weighted by Crippen LogP contribution is 2.68. The highest BCUT2D eigenvalue weighted by molar-refractivity contribution is 5.88. The molecule has 12 atom stereocenters. The molecule has 0 heterocycles. The van der Waals surface area contributed by atoms with Crippen molar-refractivity contribution < 1.29 is 34.4 Å². The number of amides is 2. The number of aliphatic hydroxyl groups excluding tert-OH is 3.